The van der Waals surface area contributed by atoms with E-state index in [2.05, 4.69) is 25.8 Å². The fourth-order valence-electron chi connectivity index (χ4n) is 0.768. The highest BCUT2D eigenvalue weighted by molar-refractivity contribution is 5.15. The van der Waals surface area contributed by atoms with Crippen molar-refractivity contribution in [2.45, 2.75) is 33.6 Å². The Labute approximate surface area is 81.0 Å². The average molecular weight is 181 g/mol. The summed E-state index contributed by atoms with van der Waals surface area (Å²) in [5, 5.41) is 0. The quantitative estimate of drug-likeness (QED) is 0.699. The molecular weight excluding hydrogens is 162 g/mol. The van der Waals surface area contributed by atoms with E-state index in [-0.39, 0.29) is 0 Å². The molecule has 0 aliphatic rings. The third kappa shape index (κ3) is 5.23. The highest BCUT2D eigenvalue weighted by atomic mass is 16.5. The summed E-state index contributed by atoms with van der Waals surface area (Å²) in [7, 11) is 1.63. The molecule has 2 heteroatoms. The maximum atomic E-state index is 4.95. The normalized spacial score (nSPS) is 8.62. The smallest absolute Gasteiger partial charge is 0.213 e. The van der Waals surface area contributed by atoms with Gasteiger partial charge in [0.2, 0.25) is 5.88 Å². The van der Waals surface area contributed by atoms with E-state index in [1.54, 1.807) is 7.11 Å². The molecule has 0 fully saturated rings. The van der Waals surface area contributed by atoms with Gasteiger partial charge in [-0.15, -0.1) is 0 Å². The monoisotopic (exact) mass is 181 g/mol. The first-order valence-electron chi connectivity index (χ1n) is 4.78. The van der Waals surface area contributed by atoms with Crippen LogP contribution in [0, 0.1) is 0 Å². The Bertz CT molecular complexity index is 204. The first kappa shape index (κ1) is 11.9. The maximum Gasteiger partial charge on any atom is 0.213 e. The zero-order chi connectivity index (χ0) is 10.1. The standard InChI is InChI=1S/C8H11NO.C3H8/c1-3-7-5-4-6-8(9-7)10-2;1-3-2/h4-6H,3H2,1-2H3;3H2,1-2H3. The molecular formula is C11H19NO. The van der Waals surface area contributed by atoms with Crippen LogP contribution in [0.3, 0.4) is 0 Å². The Morgan fingerprint density at radius 3 is 2.31 bits per heavy atom. The summed E-state index contributed by atoms with van der Waals surface area (Å²) in [6.07, 6.45) is 2.21. The molecule has 0 unspecified atom stereocenters. The summed E-state index contributed by atoms with van der Waals surface area (Å²) in [6.45, 7) is 6.32. The van der Waals surface area contributed by atoms with Crippen molar-refractivity contribution in [1.82, 2.24) is 4.98 Å². The molecule has 1 heterocycles. The molecule has 0 radical (unpaired) electrons. The lowest BCUT2D eigenvalue weighted by atomic mass is 10.3. The van der Waals surface area contributed by atoms with Crippen LogP contribution < -0.4 is 4.74 Å². The topological polar surface area (TPSA) is 22.1 Å². The molecule has 0 aliphatic carbocycles. The van der Waals surface area contributed by atoms with Gasteiger partial charge in [0.1, 0.15) is 0 Å². The molecule has 74 valence electrons. The molecule has 0 saturated carbocycles. The molecule has 0 spiro atoms. The zero-order valence-electron chi connectivity index (χ0n) is 9.00. The molecule has 2 nitrogen and oxygen atoms in total. The number of ether oxygens (including phenoxy) is 1. The molecule has 0 aliphatic heterocycles. The number of aromatic nitrogens is 1. The second-order valence-electron chi connectivity index (χ2n) is 2.73. The Balaban J connectivity index is 0.000000424. The van der Waals surface area contributed by atoms with Crippen LogP contribution in [0.15, 0.2) is 18.2 Å². The summed E-state index contributed by atoms with van der Waals surface area (Å²) in [6, 6.07) is 5.78. The average Bonchev–Trinajstić information content (AvgIpc) is 2.19. The van der Waals surface area contributed by atoms with Crippen LogP contribution in [0.5, 0.6) is 5.88 Å². The largest absolute Gasteiger partial charge is 0.481 e. The van der Waals surface area contributed by atoms with Crippen molar-refractivity contribution >= 4 is 0 Å². The molecule has 0 atom stereocenters. The van der Waals surface area contributed by atoms with Crippen LogP contribution in [0.25, 0.3) is 0 Å². The minimum atomic E-state index is 0.694. The Kier molecular flexibility index (Phi) is 6.98. The van der Waals surface area contributed by atoms with E-state index in [1.165, 1.54) is 6.42 Å². The summed E-state index contributed by atoms with van der Waals surface area (Å²) in [5.41, 5.74) is 1.07. The molecule has 1 aromatic heterocycles. The second kappa shape index (κ2) is 7.59. The van der Waals surface area contributed by atoms with Crippen LogP contribution in [0.1, 0.15) is 32.9 Å². The zero-order valence-corrected chi connectivity index (χ0v) is 9.00. The predicted molar refractivity (Wildman–Crippen MR) is 56.1 cm³/mol. The highest BCUT2D eigenvalue weighted by Crippen LogP contribution is 2.06. The Morgan fingerprint density at radius 2 is 1.85 bits per heavy atom. The Hall–Kier alpha value is -1.05. The first-order chi connectivity index (χ1) is 6.28. The van der Waals surface area contributed by atoms with Crippen molar-refractivity contribution in [1.29, 1.82) is 0 Å². The fraction of sp³-hybridized carbons (Fsp3) is 0.545. The van der Waals surface area contributed by atoms with Gasteiger partial charge in [0.05, 0.1) is 7.11 Å². The Morgan fingerprint density at radius 1 is 1.23 bits per heavy atom. The minimum absolute atomic E-state index is 0.694. The van der Waals surface area contributed by atoms with Crippen LogP contribution in [-0.4, -0.2) is 12.1 Å². The van der Waals surface area contributed by atoms with Gasteiger partial charge in [-0.05, 0) is 12.5 Å². The minimum Gasteiger partial charge on any atom is -0.481 e. The van der Waals surface area contributed by atoms with E-state index in [9.17, 15) is 0 Å². The number of methoxy groups -OCH3 is 1. The van der Waals surface area contributed by atoms with E-state index in [4.69, 9.17) is 4.74 Å². The summed E-state index contributed by atoms with van der Waals surface area (Å²) in [4.78, 5) is 4.19. The van der Waals surface area contributed by atoms with Crippen molar-refractivity contribution in [3.05, 3.63) is 23.9 Å². The van der Waals surface area contributed by atoms with E-state index >= 15 is 0 Å². The van der Waals surface area contributed by atoms with Gasteiger partial charge >= 0.3 is 0 Å². The SMILES string of the molecule is CCC.CCc1cccc(OC)n1. The van der Waals surface area contributed by atoms with Crippen LogP contribution in [0.4, 0.5) is 0 Å². The number of hydrogen-bond donors (Lipinski definition) is 0. The van der Waals surface area contributed by atoms with Gasteiger partial charge in [-0.1, -0.05) is 33.3 Å². The fourth-order valence-corrected chi connectivity index (χ4v) is 0.768. The van der Waals surface area contributed by atoms with Gasteiger partial charge in [0.15, 0.2) is 0 Å². The summed E-state index contributed by atoms with van der Waals surface area (Å²) < 4.78 is 4.95. The molecule has 0 N–H and O–H groups in total. The molecule has 1 aromatic rings. The lowest BCUT2D eigenvalue weighted by molar-refractivity contribution is 0.396. The third-order valence-corrected chi connectivity index (χ3v) is 1.35. The predicted octanol–water partition coefficient (Wildman–Crippen LogP) is 3.07. The number of hydrogen-bond acceptors (Lipinski definition) is 2. The molecule has 0 amide bonds. The van der Waals surface area contributed by atoms with Gasteiger partial charge < -0.3 is 4.74 Å². The van der Waals surface area contributed by atoms with Crippen LogP contribution in [-0.2, 0) is 6.42 Å². The number of pyridine rings is 1. The van der Waals surface area contributed by atoms with Crippen molar-refractivity contribution < 1.29 is 4.74 Å². The third-order valence-electron chi connectivity index (χ3n) is 1.35. The lowest BCUT2D eigenvalue weighted by Gasteiger charge is -1.98. The van der Waals surface area contributed by atoms with Gasteiger partial charge in [-0.25, -0.2) is 4.98 Å². The van der Waals surface area contributed by atoms with Gasteiger partial charge in [-0.2, -0.15) is 0 Å². The van der Waals surface area contributed by atoms with Gasteiger partial charge in [-0.3, -0.25) is 0 Å². The van der Waals surface area contributed by atoms with Crippen LogP contribution >= 0.6 is 0 Å². The van der Waals surface area contributed by atoms with Crippen molar-refractivity contribution in [3.63, 3.8) is 0 Å². The van der Waals surface area contributed by atoms with Gasteiger partial charge in [0.25, 0.3) is 0 Å². The van der Waals surface area contributed by atoms with E-state index in [1.807, 2.05) is 18.2 Å². The summed E-state index contributed by atoms with van der Waals surface area (Å²) in [5.74, 6) is 0.694. The van der Waals surface area contributed by atoms with Gasteiger partial charge in [0, 0.05) is 11.8 Å². The van der Waals surface area contributed by atoms with E-state index in [0.717, 1.165) is 12.1 Å². The van der Waals surface area contributed by atoms with E-state index in [0.29, 0.717) is 5.88 Å². The van der Waals surface area contributed by atoms with Crippen molar-refractivity contribution in [2.24, 2.45) is 0 Å². The van der Waals surface area contributed by atoms with E-state index < -0.39 is 0 Å². The molecule has 13 heavy (non-hydrogen) atoms. The molecule has 0 bridgehead atoms. The number of nitrogens with zero attached hydrogens (tertiary/aromatic N) is 1. The summed E-state index contributed by atoms with van der Waals surface area (Å²) >= 11 is 0. The first-order valence-corrected chi connectivity index (χ1v) is 4.78. The van der Waals surface area contributed by atoms with Crippen molar-refractivity contribution in [3.8, 4) is 5.88 Å². The second-order valence-corrected chi connectivity index (χ2v) is 2.73. The number of rotatable bonds is 2. The lowest BCUT2D eigenvalue weighted by Crippen LogP contribution is -1.90. The molecule has 0 aromatic carbocycles. The molecule has 1 rings (SSSR count). The van der Waals surface area contributed by atoms with Crippen LogP contribution in [0.2, 0.25) is 0 Å². The van der Waals surface area contributed by atoms with Crippen molar-refractivity contribution in [2.75, 3.05) is 7.11 Å². The molecule has 0 saturated heterocycles. The highest BCUT2D eigenvalue weighted by Gasteiger charge is 1.92. The maximum absolute atomic E-state index is 4.95. The number of aryl methyl sites for hydroxylation is 1.